The van der Waals surface area contributed by atoms with Crippen molar-refractivity contribution in [1.82, 2.24) is 10.2 Å². The second-order valence-electron chi connectivity index (χ2n) is 7.49. The third kappa shape index (κ3) is 5.18. The van der Waals surface area contributed by atoms with Crippen molar-refractivity contribution in [3.05, 3.63) is 70.8 Å². The molecule has 0 aromatic heterocycles. The fraction of sp³-hybridized carbons (Fsp3) is 0.435. The molecule has 0 saturated carbocycles. The van der Waals surface area contributed by atoms with E-state index in [4.69, 9.17) is 0 Å². The Kier molecular flexibility index (Phi) is 6.45. The van der Waals surface area contributed by atoms with E-state index in [-0.39, 0.29) is 11.9 Å². The van der Waals surface area contributed by atoms with Gasteiger partial charge < -0.3 is 5.32 Å². The van der Waals surface area contributed by atoms with E-state index in [0.717, 1.165) is 17.7 Å². The van der Waals surface area contributed by atoms with E-state index in [1.54, 1.807) is 0 Å². The number of likely N-dealkylation sites (tertiary alicyclic amines) is 1. The highest BCUT2D eigenvalue weighted by atomic mass is 16.1. The minimum absolute atomic E-state index is 0.000114. The minimum Gasteiger partial charge on any atom is -0.346 e. The topological polar surface area (TPSA) is 32.3 Å². The zero-order valence-electron chi connectivity index (χ0n) is 16.0. The first-order valence-electron chi connectivity index (χ1n) is 9.80. The molecule has 3 heteroatoms. The van der Waals surface area contributed by atoms with Crippen molar-refractivity contribution in [1.29, 1.82) is 0 Å². The number of hydrogen-bond donors (Lipinski definition) is 1. The van der Waals surface area contributed by atoms with Crippen LogP contribution in [0.25, 0.3) is 0 Å². The van der Waals surface area contributed by atoms with E-state index in [1.165, 1.54) is 49.9 Å². The molecule has 1 N–H and O–H groups in total. The maximum atomic E-state index is 12.5. The number of benzene rings is 2. The first-order valence-corrected chi connectivity index (χ1v) is 9.80. The molecular weight excluding hydrogens is 320 g/mol. The summed E-state index contributed by atoms with van der Waals surface area (Å²) in [5, 5.41) is 3.09. The van der Waals surface area contributed by atoms with Gasteiger partial charge in [0.05, 0.1) is 6.04 Å². The molecule has 2 aromatic rings. The van der Waals surface area contributed by atoms with Crippen LogP contribution in [0.15, 0.2) is 48.5 Å². The Bertz CT molecular complexity index is 698. The Labute approximate surface area is 157 Å². The van der Waals surface area contributed by atoms with Crippen LogP contribution >= 0.6 is 0 Å². The number of hydrogen-bond acceptors (Lipinski definition) is 2. The van der Waals surface area contributed by atoms with Gasteiger partial charge in [-0.3, -0.25) is 9.69 Å². The van der Waals surface area contributed by atoms with Crippen LogP contribution in [0.3, 0.4) is 0 Å². The monoisotopic (exact) mass is 350 g/mol. The molecule has 1 aliphatic heterocycles. The van der Waals surface area contributed by atoms with E-state index in [0.29, 0.717) is 0 Å². The molecule has 1 aliphatic rings. The Hall–Kier alpha value is -2.13. The molecule has 2 aromatic carbocycles. The van der Waals surface area contributed by atoms with Gasteiger partial charge in [-0.15, -0.1) is 0 Å². The molecule has 26 heavy (non-hydrogen) atoms. The summed E-state index contributed by atoms with van der Waals surface area (Å²) in [7, 11) is 0. The van der Waals surface area contributed by atoms with Gasteiger partial charge in [-0.25, -0.2) is 0 Å². The molecule has 0 bridgehead atoms. The Morgan fingerprint density at radius 3 is 2.19 bits per heavy atom. The molecule has 0 aliphatic carbocycles. The quantitative estimate of drug-likeness (QED) is 0.835. The van der Waals surface area contributed by atoms with Crippen molar-refractivity contribution < 1.29 is 4.79 Å². The maximum absolute atomic E-state index is 12.5. The van der Waals surface area contributed by atoms with Crippen LogP contribution in [-0.4, -0.2) is 23.9 Å². The first-order chi connectivity index (χ1) is 12.6. The largest absolute Gasteiger partial charge is 0.346 e. The van der Waals surface area contributed by atoms with E-state index < -0.39 is 0 Å². The average molecular weight is 351 g/mol. The summed E-state index contributed by atoms with van der Waals surface area (Å²) in [5.41, 5.74) is 4.37. The van der Waals surface area contributed by atoms with E-state index >= 15 is 0 Å². The van der Waals surface area contributed by atoms with E-state index in [1.807, 2.05) is 19.1 Å². The second-order valence-corrected chi connectivity index (χ2v) is 7.49. The second kappa shape index (κ2) is 9.00. The van der Waals surface area contributed by atoms with Crippen LogP contribution in [0.5, 0.6) is 0 Å². The van der Waals surface area contributed by atoms with Crippen molar-refractivity contribution in [2.45, 2.75) is 52.1 Å². The van der Waals surface area contributed by atoms with Gasteiger partial charge in [0.25, 0.3) is 5.91 Å². The van der Waals surface area contributed by atoms with Crippen LogP contribution in [0.2, 0.25) is 0 Å². The van der Waals surface area contributed by atoms with Crippen molar-refractivity contribution in [2.24, 2.45) is 0 Å². The first kappa shape index (κ1) is 18.7. The zero-order valence-corrected chi connectivity index (χ0v) is 16.0. The van der Waals surface area contributed by atoms with Gasteiger partial charge in [0.15, 0.2) is 0 Å². The Morgan fingerprint density at radius 1 is 0.962 bits per heavy atom. The van der Waals surface area contributed by atoms with Crippen LogP contribution in [0, 0.1) is 6.92 Å². The summed E-state index contributed by atoms with van der Waals surface area (Å²) in [5.74, 6) is -0.0144. The van der Waals surface area contributed by atoms with Crippen LogP contribution in [0.4, 0.5) is 0 Å². The van der Waals surface area contributed by atoms with Crippen LogP contribution in [-0.2, 0) is 6.54 Å². The van der Waals surface area contributed by atoms with E-state index in [2.05, 4.69) is 53.5 Å². The molecule has 1 heterocycles. The lowest BCUT2D eigenvalue weighted by Gasteiger charge is -2.20. The van der Waals surface area contributed by atoms with Gasteiger partial charge in [0, 0.05) is 12.1 Å². The zero-order chi connectivity index (χ0) is 18.4. The van der Waals surface area contributed by atoms with Gasteiger partial charge >= 0.3 is 0 Å². The van der Waals surface area contributed by atoms with Gasteiger partial charge in [-0.2, -0.15) is 0 Å². The highest BCUT2D eigenvalue weighted by Gasteiger charge is 2.13. The van der Waals surface area contributed by atoms with Gasteiger partial charge in [-0.05, 0) is 63.0 Å². The summed E-state index contributed by atoms with van der Waals surface area (Å²) < 4.78 is 0. The molecular formula is C23H30N2O. The number of carbonyl (C=O) groups excluding carboxylic acids is 1. The predicted molar refractivity (Wildman–Crippen MR) is 107 cm³/mol. The van der Waals surface area contributed by atoms with Gasteiger partial charge in [-0.1, -0.05) is 54.8 Å². The third-order valence-corrected chi connectivity index (χ3v) is 5.25. The molecule has 1 atom stereocenters. The molecule has 1 fully saturated rings. The number of aryl methyl sites for hydroxylation is 1. The summed E-state index contributed by atoms with van der Waals surface area (Å²) in [4.78, 5) is 15.0. The third-order valence-electron chi connectivity index (χ3n) is 5.25. The lowest BCUT2D eigenvalue weighted by Crippen LogP contribution is -2.27. The molecule has 1 amide bonds. The van der Waals surface area contributed by atoms with Crippen molar-refractivity contribution in [2.75, 3.05) is 13.1 Å². The fourth-order valence-corrected chi connectivity index (χ4v) is 3.53. The van der Waals surface area contributed by atoms with Gasteiger partial charge in [0.1, 0.15) is 0 Å². The lowest BCUT2D eigenvalue weighted by atomic mass is 10.1. The number of carbonyl (C=O) groups is 1. The molecule has 0 unspecified atom stereocenters. The summed E-state index contributed by atoms with van der Waals surface area (Å²) in [6.07, 6.45) is 5.32. The molecule has 0 spiro atoms. The van der Waals surface area contributed by atoms with Crippen molar-refractivity contribution >= 4 is 5.91 Å². The molecule has 0 radical (unpaired) electrons. The number of nitrogens with zero attached hydrogens (tertiary/aromatic N) is 1. The summed E-state index contributed by atoms with van der Waals surface area (Å²) >= 11 is 0. The van der Waals surface area contributed by atoms with Crippen LogP contribution < -0.4 is 5.32 Å². The normalized spacial score (nSPS) is 16.7. The summed E-state index contributed by atoms with van der Waals surface area (Å²) in [6, 6.07) is 16.4. The average Bonchev–Trinajstić information content (AvgIpc) is 2.91. The van der Waals surface area contributed by atoms with Crippen LogP contribution in [0.1, 0.15) is 65.7 Å². The van der Waals surface area contributed by atoms with Crippen molar-refractivity contribution in [3.63, 3.8) is 0 Å². The van der Waals surface area contributed by atoms with Crippen molar-refractivity contribution in [3.8, 4) is 0 Å². The lowest BCUT2D eigenvalue weighted by molar-refractivity contribution is 0.0940. The highest BCUT2D eigenvalue weighted by molar-refractivity contribution is 5.94. The highest BCUT2D eigenvalue weighted by Crippen LogP contribution is 2.16. The smallest absolute Gasteiger partial charge is 0.251 e. The number of rotatable bonds is 5. The molecule has 1 saturated heterocycles. The van der Waals surface area contributed by atoms with E-state index in [9.17, 15) is 4.79 Å². The fourth-order valence-electron chi connectivity index (χ4n) is 3.53. The number of nitrogens with one attached hydrogen (secondary N) is 1. The van der Waals surface area contributed by atoms with Gasteiger partial charge in [0.2, 0.25) is 0 Å². The predicted octanol–water partition coefficient (Wildman–Crippen LogP) is 4.86. The Morgan fingerprint density at radius 2 is 1.58 bits per heavy atom. The Balaban J connectivity index is 1.56. The maximum Gasteiger partial charge on any atom is 0.251 e. The number of amides is 1. The summed E-state index contributed by atoms with van der Waals surface area (Å²) in [6.45, 7) is 7.46. The SMILES string of the molecule is Cc1ccc([C@@H](C)NC(=O)c2ccc(CN3CCCCCC3)cc2)cc1. The molecule has 3 rings (SSSR count). The molecule has 138 valence electrons. The standard InChI is InChI=1S/C23H30N2O/c1-18-7-11-21(12-8-18)19(2)24-23(26)22-13-9-20(10-14-22)17-25-15-5-3-4-6-16-25/h7-14,19H,3-6,15-17H2,1-2H3,(H,24,26)/t19-/m1/s1. The minimum atomic E-state index is -0.0144. The molecule has 3 nitrogen and oxygen atoms in total.